The van der Waals surface area contributed by atoms with Crippen molar-refractivity contribution in [2.75, 3.05) is 20.3 Å². The summed E-state index contributed by atoms with van der Waals surface area (Å²) in [6.45, 7) is 3.99. The molecule has 9 heteroatoms. The van der Waals surface area contributed by atoms with Gasteiger partial charge in [-0.3, -0.25) is 0 Å². The lowest BCUT2D eigenvalue weighted by Crippen LogP contribution is -2.39. The van der Waals surface area contributed by atoms with Gasteiger partial charge in [0, 0.05) is 30.4 Å². The van der Waals surface area contributed by atoms with Crippen molar-refractivity contribution in [3.8, 4) is 0 Å². The Morgan fingerprint density at radius 2 is 1.57 bits per heavy atom. The Hall–Kier alpha value is -0.670. The van der Waals surface area contributed by atoms with Crippen LogP contribution in [0.5, 0.6) is 0 Å². The molecular weight excluding hydrogens is 338 g/mol. The molecule has 0 spiro atoms. The fourth-order valence-corrected chi connectivity index (χ4v) is 4.14. The van der Waals surface area contributed by atoms with Crippen molar-refractivity contribution < 1.29 is 21.6 Å². The Bertz CT molecular complexity index is 668. The van der Waals surface area contributed by atoms with Crippen LogP contribution in [0.1, 0.15) is 13.8 Å². The topological polar surface area (TPSA) is 80.8 Å². The molecule has 0 aromatic heterocycles. The molecule has 1 aromatic rings. The van der Waals surface area contributed by atoms with Crippen molar-refractivity contribution in [1.29, 1.82) is 0 Å². The molecule has 0 unspecified atom stereocenters. The summed E-state index contributed by atoms with van der Waals surface area (Å²) in [4.78, 5) is -0.132. The predicted molar refractivity (Wildman–Crippen MR) is 80.4 cm³/mol. The van der Waals surface area contributed by atoms with Gasteiger partial charge in [0.15, 0.2) is 0 Å². The van der Waals surface area contributed by atoms with Gasteiger partial charge in [0.25, 0.3) is 9.05 Å². The molecule has 21 heavy (non-hydrogen) atoms. The monoisotopic (exact) mass is 355 g/mol. The molecule has 0 aliphatic heterocycles. The third-order valence-electron chi connectivity index (χ3n) is 2.80. The van der Waals surface area contributed by atoms with Crippen LogP contribution in [0.2, 0.25) is 0 Å². The quantitative estimate of drug-likeness (QED) is 0.695. The van der Waals surface area contributed by atoms with Gasteiger partial charge in [-0.05, 0) is 38.1 Å². The Morgan fingerprint density at radius 1 is 1.10 bits per heavy atom. The van der Waals surface area contributed by atoms with Crippen LogP contribution in [0.15, 0.2) is 34.1 Å². The highest BCUT2D eigenvalue weighted by Crippen LogP contribution is 2.21. The number of ether oxygens (including phenoxy) is 1. The average Bonchev–Trinajstić information content (AvgIpc) is 2.37. The normalized spacial score (nSPS) is 13.0. The summed E-state index contributed by atoms with van der Waals surface area (Å²) in [7, 11) is -0.898. The van der Waals surface area contributed by atoms with E-state index in [1.807, 2.05) is 0 Å². The molecule has 0 heterocycles. The van der Waals surface area contributed by atoms with Crippen molar-refractivity contribution in [1.82, 2.24) is 4.31 Å². The van der Waals surface area contributed by atoms with Crippen LogP contribution in [0.25, 0.3) is 0 Å². The molecule has 0 aliphatic carbocycles. The highest BCUT2D eigenvalue weighted by atomic mass is 35.7. The molecule has 0 saturated heterocycles. The first-order valence-corrected chi connectivity index (χ1v) is 9.91. The van der Waals surface area contributed by atoms with E-state index in [0.717, 1.165) is 0 Å². The maximum absolute atomic E-state index is 12.5. The fraction of sp³-hybridized carbons (Fsp3) is 0.500. The first-order chi connectivity index (χ1) is 9.60. The number of hydrogen-bond donors (Lipinski definition) is 0. The summed E-state index contributed by atoms with van der Waals surface area (Å²) in [5.41, 5.74) is 0. The number of benzene rings is 1. The molecule has 0 radical (unpaired) electrons. The maximum Gasteiger partial charge on any atom is 0.261 e. The first-order valence-electron chi connectivity index (χ1n) is 6.16. The van der Waals surface area contributed by atoms with Gasteiger partial charge in [-0.25, -0.2) is 16.8 Å². The zero-order chi connectivity index (χ0) is 16.3. The Labute approximate surface area is 130 Å². The highest BCUT2D eigenvalue weighted by Gasteiger charge is 2.27. The van der Waals surface area contributed by atoms with E-state index in [1.54, 1.807) is 13.8 Å². The smallest absolute Gasteiger partial charge is 0.261 e. The molecular formula is C12H18ClNO5S2. The van der Waals surface area contributed by atoms with Crippen molar-refractivity contribution in [3.05, 3.63) is 24.3 Å². The van der Waals surface area contributed by atoms with Crippen LogP contribution in [0, 0.1) is 0 Å². The summed E-state index contributed by atoms with van der Waals surface area (Å²) in [6.07, 6.45) is 0. The molecule has 0 N–H and O–H groups in total. The van der Waals surface area contributed by atoms with Crippen LogP contribution in [0.3, 0.4) is 0 Å². The fourth-order valence-electron chi connectivity index (χ4n) is 1.75. The first kappa shape index (κ1) is 18.4. The molecule has 1 rings (SSSR count). The van der Waals surface area contributed by atoms with Crippen LogP contribution >= 0.6 is 10.7 Å². The van der Waals surface area contributed by atoms with Gasteiger partial charge in [0.1, 0.15) is 0 Å². The number of hydrogen-bond acceptors (Lipinski definition) is 5. The standard InChI is InChI=1S/C12H18ClNO5S2/c1-10(2)14(8-9-19-3)21(17,18)12-6-4-11(5-7-12)20(13,15)16/h4-7,10H,8-9H2,1-3H3. The van der Waals surface area contributed by atoms with E-state index in [9.17, 15) is 16.8 Å². The minimum Gasteiger partial charge on any atom is -0.383 e. The zero-order valence-corrected chi connectivity index (χ0v) is 14.4. The lowest BCUT2D eigenvalue weighted by molar-refractivity contribution is 0.171. The van der Waals surface area contributed by atoms with E-state index < -0.39 is 19.1 Å². The molecule has 120 valence electrons. The summed E-state index contributed by atoms with van der Waals surface area (Å²) in [5, 5.41) is 0. The second-order valence-electron chi connectivity index (χ2n) is 4.61. The van der Waals surface area contributed by atoms with Crippen LogP contribution in [-0.2, 0) is 23.8 Å². The molecule has 0 bridgehead atoms. The van der Waals surface area contributed by atoms with Crippen molar-refractivity contribution in [2.45, 2.75) is 29.7 Å². The number of nitrogens with zero attached hydrogens (tertiary/aromatic N) is 1. The molecule has 0 atom stereocenters. The van der Waals surface area contributed by atoms with Gasteiger partial charge in [0.2, 0.25) is 10.0 Å². The van der Waals surface area contributed by atoms with Crippen molar-refractivity contribution >= 4 is 29.8 Å². The summed E-state index contributed by atoms with van der Waals surface area (Å²) in [6, 6.07) is 4.55. The third-order valence-corrected chi connectivity index (χ3v) is 6.26. The Balaban J connectivity index is 3.16. The van der Waals surface area contributed by atoms with E-state index in [4.69, 9.17) is 15.4 Å². The lowest BCUT2D eigenvalue weighted by Gasteiger charge is -2.25. The lowest BCUT2D eigenvalue weighted by atomic mass is 10.4. The molecule has 0 saturated carbocycles. The highest BCUT2D eigenvalue weighted by molar-refractivity contribution is 8.13. The van der Waals surface area contributed by atoms with E-state index in [-0.39, 0.29) is 29.0 Å². The minimum absolute atomic E-state index is 0.0105. The number of sulfonamides is 1. The zero-order valence-electron chi connectivity index (χ0n) is 12.0. The molecule has 6 nitrogen and oxygen atoms in total. The summed E-state index contributed by atoms with van der Waals surface area (Å²) >= 11 is 0. The van der Waals surface area contributed by atoms with E-state index in [0.29, 0.717) is 0 Å². The van der Waals surface area contributed by atoms with E-state index >= 15 is 0 Å². The summed E-state index contributed by atoms with van der Waals surface area (Å²) in [5.74, 6) is 0. The largest absolute Gasteiger partial charge is 0.383 e. The third kappa shape index (κ3) is 4.65. The SMILES string of the molecule is COCCN(C(C)C)S(=O)(=O)c1ccc(S(=O)(=O)Cl)cc1. The predicted octanol–water partition coefficient (Wildman–Crippen LogP) is 1.66. The number of methoxy groups -OCH3 is 1. The number of rotatable bonds is 7. The second kappa shape index (κ2) is 7.06. The Morgan fingerprint density at radius 3 is 1.95 bits per heavy atom. The van der Waals surface area contributed by atoms with Crippen LogP contribution in [-0.4, -0.2) is 47.4 Å². The minimum atomic E-state index is -3.87. The van der Waals surface area contributed by atoms with E-state index in [2.05, 4.69) is 0 Å². The van der Waals surface area contributed by atoms with Crippen molar-refractivity contribution in [2.24, 2.45) is 0 Å². The number of halogens is 1. The Kier molecular flexibility index (Phi) is 6.18. The second-order valence-corrected chi connectivity index (χ2v) is 9.07. The van der Waals surface area contributed by atoms with Crippen LogP contribution in [0.4, 0.5) is 0 Å². The van der Waals surface area contributed by atoms with Gasteiger partial charge >= 0.3 is 0 Å². The summed E-state index contributed by atoms with van der Waals surface area (Å²) < 4.78 is 53.6. The van der Waals surface area contributed by atoms with Crippen molar-refractivity contribution in [3.63, 3.8) is 0 Å². The average molecular weight is 356 g/mol. The van der Waals surface area contributed by atoms with Gasteiger partial charge in [-0.15, -0.1) is 0 Å². The van der Waals surface area contributed by atoms with E-state index in [1.165, 1.54) is 35.7 Å². The molecule has 0 fully saturated rings. The maximum atomic E-state index is 12.5. The van der Waals surface area contributed by atoms with Gasteiger partial charge in [-0.2, -0.15) is 4.31 Å². The van der Waals surface area contributed by atoms with Crippen LogP contribution < -0.4 is 0 Å². The molecule has 0 amide bonds. The van der Waals surface area contributed by atoms with Gasteiger partial charge in [-0.1, -0.05) is 0 Å². The molecule has 0 aliphatic rings. The van der Waals surface area contributed by atoms with Gasteiger partial charge < -0.3 is 4.74 Å². The molecule has 1 aromatic carbocycles. The van der Waals surface area contributed by atoms with Gasteiger partial charge in [0.05, 0.1) is 16.4 Å².